The Hall–Kier alpha value is -1.71. The summed E-state index contributed by atoms with van der Waals surface area (Å²) >= 11 is 0. The molecule has 1 saturated heterocycles. The van der Waals surface area contributed by atoms with Crippen LogP contribution >= 0.6 is 0 Å². The second kappa shape index (κ2) is 5.58. The van der Waals surface area contributed by atoms with E-state index in [-0.39, 0.29) is 6.10 Å². The highest BCUT2D eigenvalue weighted by Crippen LogP contribution is 2.34. The predicted molar refractivity (Wildman–Crippen MR) is 83.1 cm³/mol. The standard InChI is InChI=1S/C18H20N2O/c1-2-9-19-16(4-1)14-6-7-15-13(12-14)8-11-21-18(15)17-5-3-10-20-17/h1-2,4,6-7,9,12,17-18,20H,3,5,8,10-11H2/t17-,18+/m0/s1. The summed E-state index contributed by atoms with van der Waals surface area (Å²) in [7, 11) is 0. The van der Waals surface area contributed by atoms with E-state index in [0.717, 1.165) is 25.3 Å². The molecule has 3 heteroatoms. The van der Waals surface area contributed by atoms with E-state index in [1.807, 2.05) is 18.3 Å². The number of hydrogen-bond donors (Lipinski definition) is 1. The van der Waals surface area contributed by atoms with E-state index in [4.69, 9.17) is 4.74 Å². The summed E-state index contributed by atoms with van der Waals surface area (Å²) in [6.45, 7) is 1.94. The summed E-state index contributed by atoms with van der Waals surface area (Å²) < 4.78 is 6.06. The first-order valence-electron chi connectivity index (χ1n) is 7.81. The normalized spacial score (nSPS) is 24.8. The first-order valence-corrected chi connectivity index (χ1v) is 7.81. The van der Waals surface area contributed by atoms with Crippen LogP contribution in [-0.4, -0.2) is 24.2 Å². The number of pyridine rings is 1. The molecule has 1 aromatic carbocycles. The highest BCUT2D eigenvalue weighted by Gasteiger charge is 2.30. The number of nitrogens with one attached hydrogen (secondary N) is 1. The maximum atomic E-state index is 6.06. The van der Waals surface area contributed by atoms with Crippen LogP contribution in [-0.2, 0) is 11.2 Å². The maximum Gasteiger partial charge on any atom is 0.0980 e. The zero-order valence-corrected chi connectivity index (χ0v) is 12.1. The van der Waals surface area contributed by atoms with Gasteiger partial charge in [0, 0.05) is 17.8 Å². The number of fused-ring (bicyclic) bond motifs is 1. The van der Waals surface area contributed by atoms with Crippen LogP contribution in [0.1, 0.15) is 30.1 Å². The Labute approximate surface area is 125 Å². The van der Waals surface area contributed by atoms with Crippen molar-refractivity contribution >= 4 is 0 Å². The molecule has 1 fully saturated rings. The van der Waals surface area contributed by atoms with Crippen molar-refractivity contribution in [2.75, 3.05) is 13.2 Å². The molecule has 21 heavy (non-hydrogen) atoms. The average Bonchev–Trinajstić information content (AvgIpc) is 3.09. The van der Waals surface area contributed by atoms with Gasteiger partial charge in [-0.25, -0.2) is 0 Å². The minimum absolute atomic E-state index is 0.217. The second-order valence-corrected chi connectivity index (χ2v) is 5.87. The van der Waals surface area contributed by atoms with Gasteiger partial charge in [0.25, 0.3) is 0 Å². The zero-order chi connectivity index (χ0) is 14.1. The smallest absolute Gasteiger partial charge is 0.0980 e. The van der Waals surface area contributed by atoms with E-state index in [2.05, 4.69) is 34.6 Å². The number of benzene rings is 1. The summed E-state index contributed by atoms with van der Waals surface area (Å²) in [5.74, 6) is 0. The molecule has 0 radical (unpaired) electrons. The molecule has 2 aliphatic rings. The Bertz CT molecular complexity index is 620. The molecule has 3 heterocycles. The molecule has 1 aromatic heterocycles. The van der Waals surface area contributed by atoms with Crippen LogP contribution in [0.3, 0.4) is 0 Å². The molecule has 2 aromatic rings. The third-order valence-electron chi connectivity index (χ3n) is 4.54. The summed E-state index contributed by atoms with van der Waals surface area (Å²) in [5, 5.41) is 3.58. The number of aromatic nitrogens is 1. The predicted octanol–water partition coefficient (Wildman–Crippen LogP) is 3.11. The molecule has 1 N–H and O–H groups in total. The lowest BCUT2D eigenvalue weighted by molar-refractivity contribution is 0.0199. The van der Waals surface area contributed by atoms with Crippen molar-refractivity contribution in [3.63, 3.8) is 0 Å². The fourth-order valence-electron chi connectivity index (χ4n) is 3.48. The van der Waals surface area contributed by atoms with Gasteiger partial charge in [-0.3, -0.25) is 4.98 Å². The monoisotopic (exact) mass is 280 g/mol. The molecule has 0 aliphatic carbocycles. The Balaban J connectivity index is 1.68. The van der Waals surface area contributed by atoms with E-state index in [9.17, 15) is 0 Å². The molecule has 0 unspecified atom stereocenters. The van der Waals surface area contributed by atoms with Gasteiger partial charge >= 0.3 is 0 Å². The Morgan fingerprint density at radius 1 is 1.19 bits per heavy atom. The minimum atomic E-state index is 0.217. The number of nitrogens with zero attached hydrogens (tertiary/aromatic N) is 1. The number of rotatable bonds is 2. The number of ether oxygens (including phenoxy) is 1. The maximum absolute atomic E-state index is 6.06. The molecule has 4 rings (SSSR count). The number of hydrogen-bond acceptors (Lipinski definition) is 3. The van der Waals surface area contributed by atoms with Crippen LogP contribution in [0, 0.1) is 0 Å². The minimum Gasteiger partial charge on any atom is -0.372 e. The molecule has 3 nitrogen and oxygen atoms in total. The summed E-state index contributed by atoms with van der Waals surface area (Å²) in [5.41, 5.74) is 5.03. The average molecular weight is 280 g/mol. The molecule has 108 valence electrons. The van der Waals surface area contributed by atoms with Crippen LogP contribution in [0.5, 0.6) is 0 Å². The highest BCUT2D eigenvalue weighted by molar-refractivity contribution is 5.61. The molecular formula is C18H20N2O. The molecular weight excluding hydrogens is 260 g/mol. The largest absolute Gasteiger partial charge is 0.372 e. The van der Waals surface area contributed by atoms with Gasteiger partial charge in [0.2, 0.25) is 0 Å². The Kier molecular flexibility index (Phi) is 3.45. The first kappa shape index (κ1) is 13.0. The third kappa shape index (κ3) is 2.47. The van der Waals surface area contributed by atoms with Gasteiger partial charge in [-0.15, -0.1) is 0 Å². The van der Waals surface area contributed by atoms with Crippen LogP contribution in [0.25, 0.3) is 11.3 Å². The quantitative estimate of drug-likeness (QED) is 0.918. The van der Waals surface area contributed by atoms with Crippen molar-refractivity contribution in [3.8, 4) is 11.3 Å². The van der Waals surface area contributed by atoms with Crippen molar-refractivity contribution in [1.82, 2.24) is 10.3 Å². The van der Waals surface area contributed by atoms with Gasteiger partial charge < -0.3 is 10.1 Å². The van der Waals surface area contributed by atoms with Crippen molar-refractivity contribution < 1.29 is 4.74 Å². The molecule has 2 aliphatic heterocycles. The van der Waals surface area contributed by atoms with Gasteiger partial charge in [-0.1, -0.05) is 18.2 Å². The van der Waals surface area contributed by atoms with Crippen molar-refractivity contribution in [2.45, 2.75) is 31.4 Å². The Morgan fingerprint density at radius 3 is 3.00 bits per heavy atom. The van der Waals surface area contributed by atoms with Crippen LogP contribution < -0.4 is 5.32 Å². The van der Waals surface area contributed by atoms with Crippen molar-refractivity contribution in [2.24, 2.45) is 0 Å². The van der Waals surface area contributed by atoms with Crippen LogP contribution in [0.2, 0.25) is 0 Å². The summed E-state index contributed by atoms with van der Waals surface area (Å²) in [4.78, 5) is 4.45. The van der Waals surface area contributed by atoms with E-state index in [1.54, 1.807) is 0 Å². The lowest BCUT2D eigenvalue weighted by Gasteiger charge is -2.31. The molecule has 0 amide bonds. The fourth-order valence-corrected chi connectivity index (χ4v) is 3.48. The van der Waals surface area contributed by atoms with E-state index < -0.39 is 0 Å². The fraction of sp³-hybridized carbons (Fsp3) is 0.389. The molecule has 0 saturated carbocycles. The van der Waals surface area contributed by atoms with Gasteiger partial charge in [0.05, 0.1) is 18.4 Å². The second-order valence-electron chi connectivity index (χ2n) is 5.87. The molecule has 0 bridgehead atoms. The van der Waals surface area contributed by atoms with Crippen molar-refractivity contribution in [3.05, 3.63) is 53.7 Å². The zero-order valence-electron chi connectivity index (χ0n) is 12.1. The third-order valence-corrected chi connectivity index (χ3v) is 4.54. The van der Waals surface area contributed by atoms with Crippen LogP contribution in [0.15, 0.2) is 42.6 Å². The highest BCUT2D eigenvalue weighted by atomic mass is 16.5. The first-order chi connectivity index (χ1) is 10.4. The topological polar surface area (TPSA) is 34.1 Å². The SMILES string of the molecule is c1ccc(-c2ccc3c(c2)CCO[C@H]3[C@@H]2CCCN2)nc1. The van der Waals surface area contributed by atoms with E-state index >= 15 is 0 Å². The van der Waals surface area contributed by atoms with E-state index in [0.29, 0.717) is 6.04 Å². The molecule has 2 atom stereocenters. The van der Waals surface area contributed by atoms with Gasteiger partial charge in [0.1, 0.15) is 0 Å². The van der Waals surface area contributed by atoms with Crippen LogP contribution in [0.4, 0.5) is 0 Å². The van der Waals surface area contributed by atoms with Crippen molar-refractivity contribution in [1.29, 1.82) is 0 Å². The van der Waals surface area contributed by atoms with Gasteiger partial charge in [-0.2, -0.15) is 0 Å². The lowest BCUT2D eigenvalue weighted by Crippen LogP contribution is -2.33. The van der Waals surface area contributed by atoms with E-state index in [1.165, 1.54) is 29.5 Å². The Morgan fingerprint density at radius 2 is 2.19 bits per heavy atom. The summed E-state index contributed by atoms with van der Waals surface area (Å²) in [6.07, 6.45) is 5.54. The lowest BCUT2D eigenvalue weighted by atomic mass is 9.90. The molecule has 0 spiro atoms. The van der Waals surface area contributed by atoms with Gasteiger partial charge in [0.15, 0.2) is 0 Å². The summed E-state index contributed by atoms with van der Waals surface area (Å²) in [6, 6.07) is 13.2. The van der Waals surface area contributed by atoms with Gasteiger partial charge in [-0.05, 0) is 55.1 Å².